The molecule has 0 aliphatic carbocycles. The van der Waals surface area contributed by atoms with E-state index in [2.05, 4.69) is 31.8 Å². The summed E-state index contributed by atoms with van der Waals surface area (Å²) in [7, 11) is 0. The predicted molar refractivity (Wildman–Crippen MR) is 91.4 cm³/mol. The zero-order valence-electron chi connectivity index (χ0n) is 14.7. The molecule has 4 rings (SSSR count). The molecule has 0 bridgehead atoms. The van der Waals surface area contributed by atoms with E-state index in [1.807, 2.05) is 15.7 Å². The Kier molecular flexibility index (Phi) is 4.51. The minimum Gasteiger partial charge on any atom is -0.364 e. The smallest absolute Gasteiger partial charge is 0.276 e. The van der Waals surface area contributed by atoms with Crippen LogP contribution in [0.4, 0.5) is 0 Å². The van der Waals surface area contributed by atoms with E-state index in [1.54, 1.807) is 18.6 Å². The van der Waals surface area contributed by atoms with Crippen LogP contribution in [0.3, 0.4) is 0 Å². The number of likely N-dealkylation sites (tertiary alicyclic amines) is 1. The molecule has 1 fully saturated rings. The van der Waals surface area contributed by atoms with Crippen LogP contribution >= 0.6 is 0 Å². The Morgan fingerprint density at radius 1 is 1.31 bits per heavy atom. The van der Waals surface area contributed by atoms with Crippen molar-refractivity contribution in [1.82, 2.24) is 34.4 Å². The van der Waals surface area contributed by atoms with Gasteiger partial charge in [-0.05, 0) is 19.8 Å². The second-order valence-corrected chi connectivity index (χ2v) is 6.40. The number of hydrogen-bond acceptors (Lipinski definition) is 6. The van der Waals surface area contributed by atoms with Crippen molar-refractivity contribution in [1.29, 1.82) is 0 Å². The minimum atomic E-state index is -0.0741. The molecule has 9 heteroatoms. The van der Waals surface area contributed by atoms with E-state index in [0.29, 0.717) is 31.2 Å². The second-order valence-electron chi connectivity index (χ2n) is 6.40. The molecule has 0 radical (unpaired) electrons. The molecule has 3 aromatic heterocycles. The maximum atomic E-state index is 12.4. The van der Waals surface area contributed by atoms with Crippen molar-refractivity contribution in [3.05, 3.63) is 48.4 Å². The fraction of sp³-hybridized carbons (Fsp3) is 0.471. The summed E-state index contributed by atoms with van der Waals surface area (Å²) < 4.78 is 8.93. The fourth-order valence-corrected chi connectivity index (χ4v) is 3.48. The van der Waals surface area contributed by atoms with Gasteiger partial charge in [-0.15, -0.1) is 10.2 Å². The molecule has 1 aliphatic heterocycles. The van der Waals surface area contributed by atoms with Crippen molar-refractivity contribution in [3.63, 3.8) is 0 Å². The summed E-state index contributed by atoms with van der Waals surface area (Å²) in [5.74, 6) is 2.17. The Hall–Kier alpha value is -2.97. The predicted octanol–water partition coefficient (Wildman–Crippen LogP) is 1.55. The van der Waals surface area contributed by atoms with Gasteiger partial charge in [0.1, 0.15) is 12.1 Å². The van der Waals surface area contributed by atoms with Crippen molar-refractivity contribution in [2.24, 2.45) is 0 Å². The van der Waals surface area contributed by atoms with Gasteiger partial charge in [0.05, 0.1) is 12.9 Å². The highest BCUT2D eigenvalue weighted by atomic mass is 16.5. The number of piperidine rings is 1. The molecule has 0 aromatic carbocycles. The standard InChI is InChI=1S/C17H21N7O2/c1-2-24-15(11-22-9-6-18-12-22)19-20-16(24)13-3-7-23(8-4-13)17(25)14-5-10-26-21-14/h5-6,9-10,12-13H,2-4,7-8,11H2,1H3. The molecule has 26 heavy (non-hydrogen) atoms. The summed E-state index contributed by atoms with van der Waals surface area (Å²) in [6.45, 7) is 4.95. The van der Waals surface area contributed by atoms with Crippen LogP contribution in [0.2, 0.25) is 0 Å². The number of amides is 1. The van der Waals surface area contributed by atoms with E-state index in [-0.39, 0.29) is 5.91 Å². The Morgan fingerprint density at radius 3 is 2.81 bits per heavy atom. The van der Waals surface area contributed by atoms with Gasteiger partial charge in [0.25, 0.3) is 5.91 Å². The minimum absolute atomic E-state index is 0.0741. The van der Waals surface area contributed by atoms with Gasteiger partial charge >= 0.3 is 0 Å². The van der Waals surface area contributed by atoms with Gasteiger partial charge in [0.2, 0.25) is 0 Å². The van der Waals surface area contributed by atoms with Crippen LogP contribution in [0, 0.1) is 0 Å². The lowest BCUT2D eigenvalue weighted by Crippen LogP contribution is -2.38. The summed E-state index contributed by atoms with van der Waals surface area (Å²) in [5.41, 5.74) is 0.364. The molecule has 0 spiro atoms. The van der Waals surface area contributed by atoms with E-state index in [4.69, 9.17) is 4.52 Å². The summed E-state index contributed by atoms with van der Waals surface area (Å²) in [6.07, 6.45) is 8.62. The topological polar surface area (TPSA) is 94.9 Å². The summed E-state index contributed by atoms with van der Waals surface area (Å²) in [4.78, 5) is 18.3. The SMILES string of the molecule is CCn1c(Cn2ccnc2)nnc1C1CCN(C(=O)c2ccon2)CC1. The highest BCUT2D eigenvalue weighted by Crippen LogP contribution is 2.28. The van der Waals surface area contributed by atoms with E-state index in [9.17, 15) is 4.79 Å². The molecule has 4 heterocycles. The maximum Gasteiger partial charge on any atom is 0.276 e. The van der Waals surface area contributed by atoms with E-state index in [0.717, 1.165) is 31.0 Å². The third-order valence-electron chi connectivity index (χ3n) is 4.86. The average molecular weight is 355 g/mol. The van der Waals surface area contributed by atoms with E-state index >= 15 is 0 Å². The lowest BCUT2D eigenvalue weighted by atomic mass is 9.95. The highest BCUT2D eigenvalue weighted by molar-refractivity contribution is 5.92. The zero-order valence-corrected chi connectivity index (χ0v) is 14.7. The first kappa shape index (κ1) is 16.5. The quantitative estimate of drug-likeness (QED) is 0.689. The molecule has 9 nitrogen and oxygen atoms in total. The van der Waals surface area contributed by atoms with Crippen LogP contribution in [0.5, 0.6) is 0 Å². The average Bonchev–Trinajstić information content (AvgIpc) is 3.43. The molecule has 1 amide bonds. The highest BCUT2D eigenvalue weighted by Gasteiger charge is 2.29. The third kappa shape index (κ3) is 3.12. The summed E-state index contributed by atoms with van der Waals surface area (Å²) in [5, 5.41) is 12.6. The van der Waals surface area contributed by atoms with Gasteiger partial charge in [0.15, 0.2) is 11.5 Å². The number of hydrogen-bond donors (Lipinski definition) is 0. The number of carbonyl (C=O) groups excluding carboxylic acids is 1. The number of rotatable bonds is 5. The third-order valence-corrected chi connectivity index (χ3v) is 4.86. The van der Waals surface area contributed by atoms with Gasteiger partial charge in [-0.25, -0.2) is 4.98 Å². The molecule has 0 atom stereocenters. The van der Waals surface area contributed by atoms with Gasteiger partial charge in [0, 0.05) is 44.0 Å². The molecule has 1 aliphatic rings. The van der Waals surface area contributed by atoms with Crippen LogP contribution in [-0.4, -0.2) is 53.4 Å². The Balaban J connectivity index is 1.44. The van der Waals surface area contributed by atoms with Crippen LogP contribution in [0.25, 0.3) is 0 Å². The van der Waals surface area contributed by atoms with Crippen LogP contribution in [-0.2, 0) is 13.1 Å². The van der Waals surface area contributed by atoms with Crippen LogP contribution < -0.4 is 0 Å². The van der Waals surface area contributed by atoms with Gasteiger partial charge < -0.3 is 18.6 Å². The molecular weight excluding hydrogens is 334 g/mol. The van der Waals surface area contributed by atoms with Crippen molar-refractivity contribution in [2.75, 3.05) is 13.1 Å². The molecule has 3 aromatic rings. The largest absolute Gasteiger partial charge is 0.364 e. The van der Waals surface area contributed by atoms with Crippen LogP contribution in [0.1, 0.15) is 47.8 Å². The Morgan fingerprint density at radius 2 is 2.15 bits per heavy atom. The summed E-state index contributed by atoms with van der Waals surface area (Å²) >= 11 is 0. The zero-order chi connectivity index (χ0) is 17.9. The first-order chi connectivity index (χ1) is 12.8. The van der Waals surface area contributed by atoms with Gasteiger partial charge in [-0.3, -0.25) is 4.79 Å². The van der Waals surface area contributed by atoms with Crippen molar-refractivity contribution in [2.45, 2.75) is 38.8 Å². The number of imidazole rings is 1. The Labute approximate surface area is 150 Å². The van der Waals surface area contributed by atoms with Crippen molar-refractivity contribution >= 4 is 5.91 Å². The number of nitrogens with zero attached hydrogens (tertiary/aromatic N) is 7. The Bertz CT molecular complexity index is 846. The van der Waals surface area contributed by atoms with Gasteiger partial charge in [-0.2, -0.15) is 0 Å². The summed E-state index contributed by atoms with van der Waals surface area (Å²) in [6, 6.07) is 1.60. The normalized spacial score (nSPS) is 15.5. The monoisotopic (exact) mass is 355 g/mol. The van der Waals surface area contributed by atoms with Crippen LogP contribution in [0.15, 0.2) is 35.6 Å². The fourth-order valence-electron chi connectivity index (χ4n) is 3.48. The van der Waals surface area contributed by atoms with Crippen molar-refractivity contribution in [3.8, 4) is 0 Å². The maximum absolute atomic E-state index is 12.4. The van der Waals surface area contributed by atoms with E-state index < -0.39 is 0 Å². The van der Waals surface area contributed by atoms with Crippen molar-refractivity contribution < 1.29 is 9.32 Å². The molecule has 0 saturated carbocycles. The molecular formula is C17H21N7O2. The second kappa shape index (κ2) is 7.11. The number of aromatic nitrogens is 6. The lowest BCUT2D eigenvalue weighted by molar-refractivity contribution is 0.0699. The first-order valence-electron chi connectivity index (χ1n) is 8.83. The lowest BCUT2D eigenvalue weighted by Gasteiger charge is -2.31. The molecule has 0 unspecified atom stereocenters. The molecule has 0 N–H and O–H groups in total. The van der Waals surface area contributed by atoms with Gasteiger partial charge in [-0.1, -0.05) is 5.16 Å². The molecule has 136 valence electrons. The first-order valence-corrected chi connectivity index (χ1v) is 8.83. The number of carbonyl (C=O) groups is 1. The van der Waals surface area contributed by atoms with E-state index in [1.165, 1.54) is 6.26 Å². The molecule has 1 saturated heterocycles.